The summed E-state index contributed by atoms with van der Waals surface area (Å²) in [6, 6.07) is 6.14. The Bertz CT molecular complexity index is 795. The number of hydrogen-bond donors (Lipinski definition) is 1. The van der Waals surface area contributed by atoms with E-state index in [1.807, 2.05) is 22.4 Å². The Labute approximate surface area is 138 Å². The van der Waals surface area contributed by atoms with E-state index >= 15 is 0 Å². The third kappa shape index (κ3) is 2.74. The van der Waals surface area contributed by atoms with Crippen LogP contribution in [0.25, 0.3) is 11.3 Å². The summed E-state index contributed by atoms with van der Waals surface area (Å²) in [6.07, 6.45) is 2.96. The molecule has 1 aliphatic heterocycles. The highest BCUT2D eigenvalue weighted by Crippen LogP contribution is 2.38. The van der Waals surface area contributed by atoms with Gasteiger partial charge in [0.1, 0.15) is 0 Å². The molecule has 23 heavy (non-hydrogen) atoms. The van der Waals surface area contributed by atoms with E-state index < -0.39 is 0 Å². The number of carbonyl (C=O) groups is 2. The van der Waals surface area contributed by atoms with Crippen LogP contribution in [0.1, 0.15) is 25.3 Å². The van der Waals surface area contributed by atoms with E-state index in [4.69, 9.17) is 0 Å². The van der Waals surface area contributed by atoms with Crippen molar-refractivity contribution >= 4 is 34.0 Å². The Morgan fingerprint density at radius 1 is 1.35 bits per heavy atom. The first-order valence-electron chi connectivity index (χ1n) is 7.79. The van der Waals surface area contributed by atoms with Crippen LogP contribution >= 0.6 is 11.3 Å². The summed E-state index contributed by atoms with van der Waals surface area (Å²) in [5.41, 5.74) is 4.12. The fraction of sp³-hybridized carbons (Fsp3) is 0.353. The van der Waals surface area contributed by atoms with E-state index in [2.05, 4.69) is 16.4 Å². The monoisotopic (exact) mass is 327 g/mol. The SMILES string of the molecule is CC(=O)Nc1nc(-c2ccc3c(c2)CCN3C(=O)C2CC2)cs1. The molecule has 2 aromatic rings. The number of rotatable bonds is 3. The van der Waals surface area contributed by atoms with Crippen LogP contribution in [0.2, 0.25) is 0 Å². The molecule has 1 aromatic carbocycles. The van der Waals surface area contributed by atoms with Crippen LogP contribution < -0.4 is 10.2 Å². The highest BCUT2D eigenvalue weighted by Gasteiger charge is 2.36. The predicted octanol–water partition coefficient (Wildman–Crippen LogP) is 3.07. The molecule has 1 fully saturated rings. The minimum absolute atomic E-state index is 0.117. The first-order valence-corrected chi connectivity index (χ1v) is 8.67. The molecular formula is C17H17N3O2S. The summed E-state index contributed by atoms with van der Waals surface area (Å²) in [5, 5.41) is 5.25. The average molecular weight is 327 g/mol. The van der Waals surface area contributed by atoms with Crippen LogP contribution in [-0.4, -0.2) is 23.3 Å². The Morgan fingerprint density at radius 2 is 2.17 bits per heavy atom. The minimum Gasteiger partial charge on any atom is -0.312 e. The van der Waals surface area contributed by atoms with E-state index in [1.54, 1.807) is 0 Å². The molecule has 2 heterocycles. The van der Waals surface area contributed by atoms with Crippen molar-refractivity contribution in [3.05, 3.63) is 29.1 Å². The van der Waals surface area contributed by atoms with Crippen molar-refractivity contribution in [2.45, 2.75) is 26.2 Å². The summed E-state index contributed by atoms with van der Waals surface area (Å²) in [5.74, 6) is 0.409. The minimum atomic E-state index is -0.117. The van der Waals surface area contributed by atoms with Gasteiger partial charge in [-0.25, -0.2) is 4.98 Å². The number of fused-ring (bicyclic) bond motifs is 1. The van der Waals surface area contributed by atoms with Crippen molar-refractivity contribution < 1.29 is 9.59 Å². The van der Waals surface area contributed by atoms with E-state index in [0.29, 0.717) is 5.13 Å². The molecule has 0 atom stereocenters. The molecule has 0 spiro atoms. The third-order valence-corrected chi connectivity index (χ3v) is 5.01. The van der Waals surface area contributed by atoms with Crippen molar-refractivity contribution in [2.24, 2.45) is 5.92 Å². The topological polar surface area (TPSA) is 62.3 Å². The number of benzene rings is 1. The maximum atomic E-state index is 12.3. The van der Waals surface area contributed by atoms with Crippen LogP contribution in [0.5, 0.6) is 0 Å². The highest BCUT2D eigenvalue weighted by atomic mass is 32.1. The van der Waals surface area contributed by atoms with Gasteiger partial charge in [0, 0.05) is 36.0 Å². The van der Waals surface area contributed by atoms with Crippen LogP contribution in [0, 0.1) is 5.92 Å². The van der Waals surface area contributed by atoms with E-state index in [9.17, 15) is 9.59 Å². The predicted molar refractivity (Wildman–Crippen MR) is 90.6 cm³/mol. The molecule has 0 bridgehead atoms. The Hall–Kier alpha value is -2.21. The first-order chi connectivity index (χ1) is 11.1. The molecule has 1 aromatic heterocycles. The summed E-state index contributed by atoms with van der Waals surface area (Å²) in [6.45, 7) is 2.25. The second kappa shape index (κ2) is 5.45. The third-order valence-electron chi connectivity index (χ3n) is 4.25. The zero-order valence-corrected chi connectivity index (χ0v) is 13.7. The number of amides is 2. The van der Waals surface area contributed by atoms with Gasteiger partial charge < -0.3 is 10.2 Å². The lowest BCUT2D eigenvalue weighted by atomic mass is 10.1. The van der Waals surface area contributed by atoms with Crippen LogP contribution in [0.3, 0.4) is 0 Å². The van der Waals surface area contributed by atoms with Gasteiger partial charge in [0.2, 0.25) is 11.8 Å². The molecule has 0 unspecified atom stereocenters. The molecule has 1 aliphatic carbocycles. The molecule has 1 saturated carbocycles. The Kier molecular flexibility index (Phi) is 3.41. The number of aromatic nitrogens is 1. The molecule has 5 nitrogen and oxygen atoms in total. The molecular weight excluding hydrogens is 310 g/mol. The van der Waals surface area contributed by atoms with Gasteiger partial charge in [-0.2, -0.15) is 0 Å². The maximum absolute atomic E-state index is 12.3. The standard InChI is InChI=1S/C17H17N3O2S/c1-10(21)18-17-19-14(9-23-17)12-4-5-15-13(8-12)6-7-20(15)16(22)11-2-3-11/h4-5,8-9,11H,2-3,6-7H2,1H3,(H,18,19,21). The van der Waals surface area contributed by atoms with Gasteiger partial charge in [-0.15, -0.1) is 11.3 Å². The second-order valence-corrected chi connectivity index (χ2v) is 6.93. The van der Waals surface area contributed by atoms with Gasteiger partial charge >= 0.3 is 0 Å². The smallest absolute Gasteiger partial charge is 0.230 e. The van der Waals surface area contributed by atoms with Gasteiger partial charge in [0.05, 0.1) is 5.69 Å². The van der Waals surface area contributed by atoms with Crippen LogP contribution in [0.4, 0.5) is 10.8 Å². The van der Waals surface area contributed by atoms with Crippen molar-refractivity contribution in [1.82, 2.24) is 4.98 Å². The van der Waals surface area contributed by atoms with E-state index in [0.717, 1.165) is 42.8 Å². The zero-order valence-electron chi connectivity index (χ0n) is 12.8. The summed E-state index contributed by atoms with van der Waals surface area (Å²) < 4.78 is 0. The number of nitrogens with zero attached hydrogens (tertiary/aromatic N) is 2. The van der Waals surface area contributed by atoms with Crippen molar-refractivity contribution in [3.63, 3.8) is 0 Å². The zero-order chi connectivity index (χ0) is 16.0. The molecule has 2 aliphatic rings. The van der Waals surface area contributed by atoms with E-state index in [1.165, 1.54) is 23.8 Å². The molecule has 1 N–H and O–H groups in total. The van der Waals surface area contributed by atoms with Crippen LogP contribution in [0.15, 0.2) is 23.6 Å². The lowest BCUT2D eigenvalue weighted by molar-refractivity contribution is -0.119. The van der Waals surface area contributed by atoms with E-state index in [-0.39, 0.29) is 17.7 Å². The van der Waals surface area contributed by atoms with Gasteiger partial charge in [-0.05, 0) is 37.0 Å². The van der Waals surface area contributed by atoms with Gasteiger partial charge in [-0.1, -0.05) is 6.07 Å². The quantitative estimate of drug-likeness (QED) is 0.942. The van der Waals surface area contributed by atoms with Crippen LogP contribution in [-0.2, 0) is 16.0 Å². The van der Waals surface area contributed by atoms with Gasteiger partial charge in [0.25, 0.3) is 0 Å². The summed E-state index contributed by atoms with van der Waals surface area (Å²) in [4.78, 5) is 29.8. The number of hydrogen-bond acceptors (Lipinski definition) is 4. The lowest BCUT2D eigenvalue weighted by Gasteiger charge is -2.17. The average Bonchev–Trinajstić information content (AvgIpc) is 3.13. The fourth-order valence-corrected chi connectivity index (χ4v) is 3.72. The molecule has 0 radical (unpaired) electrons. The molecule has 6 heteroatoms. The van der Waals surface area contributed by atoms with Crippen molar-refractivity contribution in [3.8, 4) is 11.3 Å². The normalized spacial score (nSPS) is 16.3. The molecule has 0 saturated heterocycles. The lowest BCUT2D eigenvalue weighted by Crippen LogP contribution is -2.30. The Balaban J connectivity index is 1.59. The summed E-state index contributed by atoms with van der Waals surface area (Å²) in [7, 11) is 0. The largest absolute Gasteiger partial charge is 0.312 e. The number of thiazole rings is 1. The maximum Gasteiger partial charge on any atom is 0.230 e. The number of nitrogens with one attached hydrogen (secondary N) is 1. The fourth-order valence-electron chi connectivity index (χ4n) is 2.96. The number of anilines is 2. The van der Waals surface area contributed by atoms with Crippen molar-refractivity contribution in [2.75, 3.05) is 16.8 Å². The molecule has 118 valence electrons. The number of carbonyl (C=O) groups excluding carboxylic acids is 2. The second-order valence-electron chi connectivity index (χ2n) is 6.08. The highest BCUT2D eigenvalue weighted by molar-refractivity contribution is 7.14. The summed E-state index contributed by atoms with van der Waals surface area (Å²) >= 11 is 1.42. The molecule has 4 rings (SSSR count). The molecule has 2 amide bonds. The first kappa shape index (κ1) is 14.4. The Morgan fingerprint density at radius 3 is 2.91 bits per heavy atom. The van der Waals surface area contributed by atoms with Crippen molar-refractivity contribution in [1.29, 1.82) is 0 Å². The van der Waals surface area contributed by atoms with Gasteiger partial charge in [0.15, 0.2) is 5.13 Å². The van der Waals surface area contributed by atoms with Gasteiger partial charge in [-0.3, -0.25) is 9.59 Å².